The zero-order valence-electron chi connectivity index (χ0n) is 15.4. The van der Waals surface area contributed by atoms with Crippen molar-refractivity contribution in [1.29, 1.82) is 0 Å². The van der Waals surface area contributed by atoms with Crippen molar-refractivity contribution in [2.45, 2.75) is 12.8 Å². The van der Waals surface area contributed by atoms with Crippen LogP contribution in [-0.4, -0.2) is 121 Å². The summed E-state index contributed by atoms with van der Waals surface area (Å²) in [6.07, 6.45) is 0.575. The highest BCUT2D eigenvalue weighted by molar-refractivity contribution is 5.76. The van der Waals surface area contributed by atoms with Crippen molar-refractivity contribution in [1.82, 2.24) is 20.4 Å². The maximum absolute atomic E-state index is 11.9. The van der Waals surface area contributed by atoms with Crippen LogP contribution in [0.5, 0.6) is 0 Å². The molecule has 0 heterocycles. The van der Waals surface area contributed by atoms with E-state index in [0.29, 0.717) is 26.2 Å². The number of hydrogen-bond acceptors (Lipinski definition) is 8. The smallest absolute Gasteiger partial charge is 0.224 e. The monoisotopic (exact) mass is 378 g/mol. The molecule has 10 nitrogen and oxygen atoms in total. The number of amides is 2. The topological polar surface area (TPSA) is 146 Å². The molecule has 0 radical (unpaired) electrons. The Bertz CT molecular complexity index is 327. The molecule has 2 amide bonds. The van der Waals surface area contributed by atoms with Crippen LogP contribution < -0.4 is 10.6 Å². The van der Waals surface area contributed by atoms with Gasteiger partial charge in [0.05, 0.1) is 26.4 Å². The molecule has 0 aliphatic heterocycles. The normalized spacial score (nSPS) is 10.8. The van der Waals surface area contributed by atoms with Gasteiger partial charge in [0.1, 0.15) is 0 Å². The highest BCUT2D eigenvalue weighted by Crippen LogP contribution is 1.94. The predicted molar refractivity (Wildman–Crippen MR) is 96.5 cm³/mol. The minimum Gasteiger partial charge on any atom is -0.395 e. The van der Waals surface area contributed by atoms with Crippen molar-refractivity contribution < 1.29 is 30.0 Å². The van der Waals surface area contributed by atoms with E-state index in [0.717, 1.165) is 0 Å². The van der Waals surface area contributed by atoms with Crippen LogP contribution in [-0.2, 0) is 9.59 Å². The molecule has 154 valence electrons. The van der Waals surface area contributed by atoms with Gasteiger partial charge < -0.3 is 40.9 Å². The van der Waals surface area contributed by atoms with Crippen molar-refractivity contribution in [3.05, 3.63) is 0 Å². The summed E-state index contributed by atoms with van der Waals surface area (Å²) < 4.78 is 0. The second-order valence-corrected chi connectivity index (χ2v) is 5.66. The molecule has 10 heteroatoms. The molecule has 26 heavy (non-hydrogen) atoms. The first-order chi connectivity index (χ1) is 12.6. The lowest BCUT2D eigenvalue weighted by molar-refractivity contribution is -0.132. The maximum atomic E-state index is 11.9. The average molecular weight is 378 g/mol. The van der Waals surface area contributed by atoms with Crippen molar-refractivity contribution in [2.24, 2.45) is 0 Å². The second-order valence-electron chi connectivity index (χ2n) is 5.66. The van der Waals surface area contributed by atoms with Crippen LogP contribution in [0, 0.1) is 0 Å². The Hall–Kier alpha value is -1.30. The zero-order valence-corrected chi connectivity index (χ0v) is 15.4. The van der Waals surface area contributed by atoms with Crippen LogP contribution in [0.1, 0.15) is 12.8 Å². The fourth-order valence-electron chi connectivity index (χ4n) is 2.34. The van der Waals surface area contributed by atoms with Crippen LogP contribution in [0.2, 0.25) is 0 Å². The summed E-state index contributed by atoms with van der Waals surface area (Å²) in [4.78, 5) is 26.6. The highest BCUT2D eigenvalue weighted by atomic mass is 16.3. The van der Waals surface area contributed by atoms with Gasteiger partial charge in [-0.1, -0.05) is 0 Å². The van der Waals surface area contributed by atoms with E-state index in [2.05, 4.69) is 10.6 Å². The Kier molecular flexibility index (Phi) is 16.3. The van der Waals surface area contributed by atoms with Gasteiger partial charge in [-0.05, 0) is 0 Å². The molecule has 0 spiro atoms. The maximum Gasteiger partial charge on any atom is 0.224 e. The molecule has 0 saturated carbocycles. The van der Waals surface area contributed by atoms with Crippen LogP contribution >= 0.6 is 0 Å². The third kappa shape index (κ3) is 12.1. The fraction of sp³-hybridized carbons (Fsp3) is 0.875. The van der Waals surface area contributed by atoms with Gasteiger partial charge in [0.15, 0.2) is 0 Å². The number of carbonyl (C=O) groups excluding carboxylic acids is 2. The van der Waals surface area contributed by atoms with Crippen LogP contribution in [0.4, 0.5) is 0 Å². The van der Waals surface area contributed by atoms with E-state index in [1.165, 1.54) is 9.80 Å². The van der Waals surface area contributed by atoms with E-state index in [4.69, 9.17) is 20.4 Å². The second kappa shape index (κ2) is 17.1. The van der Waals surface area contributed by atoms with Crippen LogP contribution in [0.25, 0.3) is 0 Å². The lowest BCUT2D eigenvalue weighted by Gasteiger charge is -2.21. The average Bonchev–Trinajstić information content (AvgIpc) is 2.63. The molecule has 0 unspecified atom stereocenters. The Morgan fingerprint density at radius 3 is 1.15 bits per heavy atom. The Balaban J connectivity index is 3.71. The summed E-state index contributed by atoms with van der Waals surface area (Å²) in [7, 11) is 0. The van der Waals surface area contributed by atoms with E-state index in [-0.39, 0.29) is 77.3 Å². The minimum atomic E-state index is -0.129. The number of hydrogen-bond donors (Lipinski definition) is 6. The van der Waals surface area contributed by atoms with Gasteiger partial charge >= 0.3 is 0 Å². The third-order valence-electron chi connectivity index (χ3n) is 3.69. The summed E-state index contributed by atoms with van der Waals surface area (Å²) in [5, 5.41) is 41.8. The van der Waals surface area contributed by atoms with Gasteiger partial charge in [0, 0.05) is 65.2 Å². The first-order valence-corrected chi connectivity index (χ1v) is 9.01. The Morgan fingerprint density at radius 2 is 0.885 bits per heavy atom. The first-order valence-electron chi connectivity index (χ1n) is 9.01. The van der Waals surface area contributed by atoms with Gasteiger partial charge in [0.25, 0.3) is 0 Å². The molecule has 0 rings (SSSR count). The summed E-state index contributed by atoms with van der Waals surface area (Å²) in [6.45, 7) is 2.63. The molecular formula is C16H34N4O6. The van der Waals surface area contributed by atoms with E-state index in [9.17, 15) is 9.59 Å². The van der Waals surface area contributed by atoms with Crippen molar-refractivity contribution in [3.8, 4) is 0 Å². The number of nitrogens with one attached hydrogen (secondary N) is 2. The molecule has 0 aliphatic rings. The van der Waals surface area contributed by atoms with Gasteiger partial charge in [-0.3, -0.25) is 9.59 Å². The molecule has 0 atom stereocenters. The van der Waals surface area contributed by atoms with E-state index >= 15 is 0 Å². The van der Waals surface area contributed by atoms with Gasteiger partial charge in [-0.2, -0.15) is 0 Å². The van der Waals surface area contributed by atoms with Crippen LogP contribution in [0.15, 0.2) is 0 Å². The number of aliphatic hydroxyl groups excluding tert-OH is 4. The number of carbonyl (C=O) groups is 2. The largest absolute Gasteiger partial charge is 0.395 e. The van der Waals surface area contributed by atoms with E-state index in [1.54, 1.807) is 0 Å². The van der Waals surface area contributed by atoms with Gasteiger partial charge in [-0.25, -0.2) is 0 Å². The first kappa shape index (κ1) is 24.7. The Morgan fingerprint density at radius 1 is 0.577 bits per heavy atom. The van der Waals surface area contributed by atoms with E-state index < -0.39 is 0 Å². The summed E-state index contributed by atoms with van der Waals surface area (Å²) in [5.74, 6) is -0.237. The molecule has 0 aromatic rings. The predicted octanol–water partition coefficient (Wildman–Crippen LogP) is -3.43. The van der Waals surface area contributed by atoms with E-state index in [1.807, 2.05) is 0 Å². The molecule has 0 fully saturated rings. The molecule has 0 aromatic heterocycles. The highest BCUT2D eigenvalue weighted by Gasteiger charge is 2.12. The van der Waals surface area contributed by atoms with Crippen molar-refractivity contribution in [2.75, 3.05) is 78.8 Å². The molecule has 0 aromatic carbocycles. The molecule has 0 saturated heterocycles. The number of aliphatic hydroxyl groups is 4. The van der Waals surface area contributed by atoms with Crippen molar-refractivity contribution in [3.63, 3.8) is 0 Å². The Labute approximate surface area is 154 Å². The summed E-state index contributed by atoms with van der Waals surface area (Å²) in [6, 6.07) is 0. The lowest BCUT2D eigenvalue weighted by atomic mass is 10.3. The molecule has 0 bridgehead atoms. The van der Waals surface area contributed by atoms with Gasteiger partial charge in [-0.15, -0.1) is 0 Å². The zero-order chi connectivity index (χ0) is 19.6. The summed E-state index contributed by atoms with van der Waals surface area (Å²) in [5.41, 5.74) is 0. The summed E-state index contributed by atoms with van der Waals surface area (Å²) >= 11 is 0. The van der Waals surface area contributed by atoms with Crippen LogP contribution in [0.3, 0.4) is 0 Å². The standard InChI is InChI=1S/C16H34N4O6/c21-11-7-19(8-12-22)15(25)1-3-17-5-6-18-4-2-16(26)20(9-13-23)10-14-24/h17-18,21-24H,1-14H2. The minimum absolute atomic E-state index is 0.119. The molecule has 6 N–H and O–H groups in total. The molecular weight excluding hydrogens is 344 g/mol. The fourth-order valence-corrected chi connectivity index (χ4v) is 2.34. The third-order valence-corrected chi connectivity index (χ3v) is 3.69. The lowest BCUT2D eigenvalue weighted by Crippen LogP contribution is -2.39. The quantitative estimate of drug-likeness (QED) is 0.143. The van der Waals surface area contributed by atoms with Crippen molar-refractivity contribution >= 4 is 11.8 Å². The number of nitrogens with zero attached hydrogens (tertiary/aromatic N) is 2. The SMILES string of the molecule is O=C(CCNCCNCCC(=O)N(CCO)CCO)N(CCO)CCO. The van der Waals surface area contributed by atoms with Gasteiger partial charge in [0.2, 0.25) is 11.8 Å². The molecule has 0 aliphatic carbocycles. The number of rotatable bonds is 17.